The minimum absolute atomic E-state index is 0.901. The molecule has 0 N–H and O–H groups in total. The lowest BCUT2D eigenvalue weighted by atomic mass is 9.86. The van der Waals surface area contributed by atoms with Gasteiger partial charge >= 0.3 is 0 Å². The Morgan fingerprint density at radius 1 is 0.0853 bits per heavy atom. The van der Waals surface area contributed by atoms with Crippen LogP contribution in [-0.4, -0.2) is 0 Å². The quantitative estimate of drug-likeness (QED) is 0.121. The Morgan fingerprint density at radius 3 is 0.519 bits per heavy atom. The fourth-order valence-corrected chi connectivity index (χ4v) is 20.0. The van der Waals surface area contributed by atoms with Crippen LogP contribution < -0.4 is 0 Å². The minimum Gasteiger partial charge on any atom is -0.456 e. The van der Waals surface area contributed by atoms with Crippen molar-refractivity contribution in [1.29, 1.82) is 0 Å². The van der Waals surface area contributed by atoms with Crippen molar-refractivity contribution in [3.05, 3.63) is 485 Å². The lowest BCUT2D eigenvalue weighted by Crippen LogP contribution is -1.90. The third-order valence-electron chi connectivity index (χ3n) is 26.0. The molecular weight excluding hydrogens is 1560 g/mol. The predicted molar refractivity (Wildman–Crippen MR) is 546 cm³/mol. The summed E-state index contributed by atoms with van der Waals surface area (Å²) in [6.07, 6.45) is 0. The van der Waals surface area contributed by atoms with E-state index in [9.17, 15) is 0 Å². The van der Waals surface area contributed by atoms with Gasteiger partial charge in [0.15, 0.2) is 0 Å². The summed E-state index contributed by atoms with van der Waals surface area (Å²) in [4.78, 5) is 0. The summed E-state index contributed by atoms with van der Waals surface area (Å²) in [6, 6.07) is 174. The first-order chi connectivity index (χ1) is 64.0. The van der Waals surface area contributed by atoms with E-state index in [0.29, 0.717) is 0 Å². The Labute approximate surface area is 746 Å². The van der Waals surface area contributed by atoms with Crippen molar-refractivity contribution < 1.29 is 13.3 Å². The molecule has 3 heteroatoms. The van der Waals surface area contributed by atoms with E-state index < -0.39 is 0 Å². The minimum atomic E-state index is 0.901. The predicted octanol–water partition coefficient (Wildman–Crippen LogP) is 36.0. The Bertz CT molecular complexity index is 8640. The lowest BCUT2D eigenvalue weighted by molar-refractivity contribution is 0.668. The molecule has 0 unspecified atom stereocenters. The number of rotatable bonds is 11. The van der Waals surface area contributed by atoms with Gasteiger partial charge in [-0.15, -0.1) is 0 Å². The molecule has 602 valence electrons. The van der Waals surface area contributed by atoms with Crippen LogP contribution in [0.25, 0.3) is 253 Å². The van der Waals surface area contributed by atoms with Crippen LogP contribution in [0.5, 0.6) is 0 Å². The number of hydrogen-bond donors (Lipinski definition) is 0. The monoisotopic (exact) mass is 1640 g/mol. The molecule has 0 atom stereocenters. The molecule has 0 aliphatic heterocycles. The Morgan fingerprint density at radius 2 is 0.256 bits per heavy atom. The molecule has 3 nitrogen and oxygen atoms in total. The van der Waals surface area contributed by atoms with Gasteiger partial charge in [0.1, 0.15) is 33.5 Å². The van der Waals surface area contributed by atoms with Crippen molar-refractivity contribution in [3.8, 4) is 122 Å². The molecule has 3 aromatic heterocycles. The topological polar surface area (TPSA) is 39.4 Å². The molecule has 26 aromatic rings. The first-order valence-electron chi connectivity index (χ1n) is 44.2. The molecule has 129 heavy (non-hydrogen) atoms. The zero-order chi connectivity index (χ0) is 85.2. The molecule has 0 aliphatic carbocycles. The maximum absolute atomic E-state index is 6.47. The zero-order valence-corrected chi connectivity index (χ0v) is 70.4. The molecule has 0 radical (unpaired) electrons. The molecule has 0 bridgehead atoms. The molecule has 0 fully saturated rings. The highest BCUT2D eigenvalue weighted by molar-refractivity contribution is 6.26. The smallest absolute Gasteiger partial charge is 0.136 e. The molecule has 3 heterocycles. The van der Waals surface area contributed by atoms with Gasteiger partial charge < -0.3 is 13.3 Å². The number of furan rings is 3. The highest BCUT2D eigenvalue weighted by Crippen LogP contribution is 2.50. The number of benzene rings is 23. The van der Waals surface area contributed by atoms with Gasteiger partial charge in [-0.25, -0.2) is 0 Å². The number of hydrogen-bond acceptors (Lipinski definition) is 3. The SMILES string of the molecule is c1ccc(-c2ccc(-c3ccc4c(c3)oc3ccc(-c5c6ccccc6c(-c6ccccc6)c6ccccc56)cc34)cc2)cc1.c1ccc(-c2ccc3c(c2)oc2ccc(-c4c5ccccc5c(-c5ccccc5)c5ccccc45)cc23)cc1.c1ccc(-c2cccc(-c3ccc4c(c3)oc3ccc(-c5c6ccccc6c(-c6ccccc6)c6ccccc56)cc34)c2)cc1. The summed E-state index contributed by atoms with van der Waals surface area (Å²) in [7, 11) is 0. The van der Waals surface area contributed by atoms with Crippen LogP contribution in [0.2, 0.25) is 0 Å². The second kappa shape index (κ2) is 32.3. The third-order valence-corrected chi connectivity index (χ3v) is 26.0. The van der Waals surface area contributed by atoms with Crippen LogP contribution >= 0.6 is 0 Å². The van der Waals surface area contributed by atoms with E-state index in [-0.39, 0.29) is 0 Å². The summed E-state index contributed by atoms with van der Waals surface area (Å²) >= 11 is 0. The highest BCUT2D eigenvalue weighted by atomic mass is 16.3. The average molecular weight is 1640 g/mol. The third kappa shape index (κ3) is 13.6. The molecule has 0 saturated heterocycles. The van der Waals surface area contributed by atoms with Crippen molar-refractivity contribution in [2.24, 2.45) is 0 Å². The highest BCUT2D eigenvalue weighted by Gasteiger charge is 2.24. The Hall–Kier alpha value is -17.0. The molecule has 23 aromatic carbocycles. The van der Waals surface area contributed by atoms with Gasteiger partial charge in [0.2, 0.25) is 0 Å². The Kier molecular flexibility index (Phi) is 19.0. The molecule has 0 spiro atoms. The van der Waals surface area contributed by atoms with E-state index in [2.05, 4.69) is 479 Å². The van der Waals surface area contributed by atoms with Gasteiger partial charge in [-0.05, 0) is 266 Å². The van der Waals surface area contributed by atoms with Crippen LogP contribution in [0.3, 0.4) is 0 Å². The summed E-state index contributed by atoms with van der Waals surface area (Å²) in [5.41, 5.74) is 32.2. The van der Waals surface area contributed by atoms with E-state index >= 15 is 0 Å². The molecular formula is C126H80O3. The number of fused-ring (bicyclic) bond motifs is 15. The molecule has 26 rings (SSSR count). The molecule has 0 aliphatic rings. The van der Waals surface area contributed by atoms with Crippen LogP contribution in [0.4, 0.5) is 0 Å². The van der Waals surface area contributed by atoms with Gasteiger partial charge in [-0.1, -0.05) is 406 Å². The first kappa shape index (κ1) is 75.7. The van der Waals surface area contributed by atoms with E-state index in [1.165, 1.54) is 170 Å². The van der Waals surface area contributed by atoms with Crippen molar-refractivity contribution in [1.82, 2.24) is 0 Å². The summed E-state index contributed by atoms with van der Waals surface area (Å²) in [5.74, 6) is 0. The summed E-state index contributed by atoms with van der Waals surface area (Å²) in [5, 5.41) is 21.9. The normalized spacial score (nSPS) is 11.6. The second-order valence-electron chi connectivity index (χ2n) is 33.4. The van der Waals surface area contributed by atoms with E-state index in [0.717, 1.165) is 82.5 Å². The van der Waals surface area contributed by atoms with Crippen molar-refractivity contribution >= 4 is 130 Å². The maximum atomic E-state index is 6.47. The van der Waals surface area contributed by atoms with Crippen molar-refractivity contribution in [2.45, 2.75) is 0 Å². The standard InChI is InChI=1S/2C44H28O.C38H24O/c1-3-12-29(13-4-1)31-16-11-17-32(26-31)33-22-24-35-40-27-34(23-25-41(40)45-42(35)28-33)44-38-20-9-7-18-36(38)43(30-14-5-2-6-15-30)37-19-8-10-21-39(37)44;1-3-11-29(12-4-1)30-19-21-31(22-20-30)33-23-25-35-40-27-34(24-26-41(40)45-42(35)28-33)44-38-17-9-7-15-36(38)43(32-13-5-2-6-14-32)37-16-8-10-18-39(37)44;1-3-11-25(12-4-1)27-19-21-29-34-23-28(20-22-35(34)39-36(29)24-27)38-32-17-9-7-15-30(32)37(26-13-5-2-6-14-26)31-16-8-10-18-33(31)38/h2*1-28H;1-24H. The van der Waals surface area contributed by atoms with Crippen LogP contribution in [0.1, 0.15) is 0 Å². The van der Waals surface area contributed by atoms with E-state index in [1.54, 1.807) is 0 Å². The van der Waals surface area contributed by atoms with Crippen LogP contribution in [0, 0.1) is 0 Å². The first-order valence-corrected chi connectivity index (χ1v) is 44.2. The van der Waals surface area contributed by atoms with Gasteiger partial charge in [0.05, 0.1) is 0 Å². The Balaban J connectivity index is 0.000000108. The lowest BCUT2D eigenvalue weighted by Gasteiger charge is -2.17. The molecule has 0 saturated carbocycles. The summed E-state index contributed by atoms with van der Waals surface area (Å²) < 4.78 is 19.3. The summed E-state index contributed by atoms with van der Waals surface area (Å²) in [6.45, 7) is 0. The van der Waals surface area contributed by atoms with Crippen molar-refractivity contribution in [3.63, 3.8) is 0 Å². The van der Waals surface area contributed by atoms with Gasteiger partial charge in [-0.3, -0.25) is 0 Å². The van der Waals surface area contributed by atoms with Gasteiger partial charge in [-0.2, -0.15) is 0 Å². The zero-order valence-electron chi connectivity index (χ0n) is 70.4. The van der Waals surface area contributed by atoms with Gasteiger partial charge in [0.25, 0.3) is 0 Å². The van der Waals surface area contributed by atoms with Crippen LogP contribution in [-0.2, 0) is 0 Å². The average Bonchev–Trinajstić information content (AvgIpc) is 1.67. The molecule has 0 amide bonds. The maximum Gasteiger partial charge on any atom is 0.136 e. The van der Waals surface area contributed by atoms with Gasteiger partial charge in [0, 0.05) is 32.3 Å². The second-order valence-corrected chi connectivity index (χ2v) is 33.4. The van der Waals surface area contributed by atoms with Crippen molar-refractivity contribution in [2.75, 3.05) is 0 Å². The van der Waals surface area contributed by atoms with E-state index in [4.69, 9.17) is 13.3 Å². The largest absolute Gasteiger partial charge is 0.456 e. The fraction of sp³-hybridized carbons (Fsp3) is 0. The van der Waals surface area contributed by atoms with Crippen LogP contribution in [0.15, 0.2) is 499 Å². The fourth-order valence-electron chi connectivity index (χ4n) is 20.0. The van der Waals surface area contributed by atoms with E-state index in [1.807, 2.05) is 6.07 Å².